The Hall–Kier alpha value is 0.520. The van der Waals surface area contributed by atoms with Crippen molar-refractivity contribution in [2.45, 2.75) is 64.2 Å². The van der Waals surface area contributed by atoms with Crippen LogP contribution in [-0.2, 0) is 81.9 Å². The molecule has 6 unspecified atom stereocenters. The van der Waals surface area contributed by atoms with Crippen LogP contribution in [0.25, 0.3) is 0 Å². The van der Waals surface area contributed by atoms with E-state index in [-0.39, 0.29) is 71.0 Å². The summed E-state index contributed by atoms with van der Waals surface area (Å²) in [5, 5.41) is 2.82. The molecule has 0 saturated carbocycles. The van der Waals surface area contributed by atoms with Gasteiger partial charge in [-0.2, -0.15) is 11.8 Å². The SMILES string of the molecule is CSCCC(=O)NCCCCCCOP(=O)(O)OCCCOP(=O)(O)OCCCOP(=O)(O)OCCCOP(=O)(O)OCCCOP(=O)(O)OCCCOP(C)(=O)O. The van der Waals surface area contributed by atoms with Crippen LogP contribution in [0.4, 0.5) is 0 Å². The summed E-state index contributed by atoms with van der Waals surface area (Å²) in [6.45, 7) is -2.28. The summed E-state index contributed by atoms with van der Waals surface area (Å²) in [5.41, 5.74) is 0. The van der Waals surface area contributed by atoms with Gasteiger partial charge in [-0.05, 0) is 51.2 Å². The summed E-state index contributed by atoms with van der Waals surface area (Å²) in [7, 11) is -26.2. The number of carbonyl (C=O) groups is 1. The number of phosphoric acid groups is 5. The van der Waals surface area contributed by atoms with Crippen molar-refractivity contribution in [2.75, 3.05) is 97.9 Å². The number of thioether (sulfide) groups is 1. The number of phosphoric ester groups is 5. The number of carbonyl (C=O) groups excluding carboxylic acids is 1. The van der Waals surface area contributed by atoms with Gasteiger partial charge in [0, 0.05) is 25.4 Å². The van der Waals surface area contributed by atoms with E-state index in [2.05, 4.69) is 27.9 Å². The minimum atomic E-state index is -4.58. The molecule has 0 spiro atoms. The fourth-order valence-electron chi connectivity index (χ4n) is 3.61. The lowest BCUT2D eigenvalue weighted by atomic mass is 10.2. The Morgan fingerprint density at radius 3 is 0.966 bits per heavy atom. The molecule has 32 heteroatoms. The number of unbranched alkanes of at least 4 members (excludes halogenated alkanes) is 3. The Morgan fingerprint density at radius 1 is 0.431 bits per heavy atom. The molecule has 0 aromatic carbocycles. The second kappa shape index (κ2) is 32.2. The lowest BCUT2D eigenvalue weighted by molar-refractivity contribution is -0.120. The van der Waals surface area contributed by atoms with Crippen LogP contribution in [0.15, 0.2) is 0 Å². The molecule has 0 aromatic rings. The topological polar surface area (TPSA) is 354 Å². The molecule has 0 saturated heterocycles. The molecule has 0 aliphatic heterocycles. The predicted octanol–water partition coefficient (Wildman–Crippen LogP) is 4.87. The van der Waals surface area contributed by atoms with E-state index in [4.69, 9.17) is 32.0 Å². The third kappa shape index (κ3) is 39.4. The quantitative estimate of drug-likeness (QED) is 0.0317. The van der Waals surface area contributed by atoms with Gasteiger partial charge < -0.3 is 39.2 Å². The highest BCUT2D eigenvalue weighted by Crippen LogP contribution is 2.47. The van der Waals surface area contributed by atoms with Gasteiger partial charge in [0.15, 0.2) is 0 Å². The standard InChI is InChI=1S/C26H59NO24P6S/c1-52(29,30)41-15-7-16-43-54(33,34)45-19-9-20-47-56(37,38)49-23-11-24-51-57(39,40)50-22-10-21-48-55(35,36)46-18-8-17-44-53(31,32)42-14-6-4-3-5-13-27-26(28)12-25-58-2/h3-25H2,1-2H3,(H,27,28)(H,29,30)(H,31,32)(H,33,34)(H,35,36)(H,37,38)(H,39,40). The number of amides is 1. The lowest BCUT2D eigenvalue weighted by Gasteiger charge is -2.15. The molecule has 1 amide bonds. The first-order chi connectivity index (χ1) is 27.0. The average molecular weight is 988 g/mol. The summed E-state index contributed by atoms with van der Waals surface area (Å²) in [6, 6.07) is 0. The molecule has 58 heavy (non-hydrogen) atoms. The van der Waals surface area contributed by atoms with Crippen LogP contribution in [0.2, 0.25) is 0 Å². The predicted molar refractivity (Wildman–Crippen MR) is 208 cm³/mol. The van der Waals surface area contributed by atoms with Gasteiger partial charge >= 0.3 is 46.7 Å². The van der Waals surface area contributed by atoms with Crippen molar-refractivity contribution < 1.29 is 111 Å². The van der Waals surface area contributed by atoms with Gasteiger partial charge in [0.1, 0.15) is 0 Å². The highest BCUT2D eigenvalue weighted by molar-refractivity contribution is 7.98. The number of hydrogen-bond acceptors (Lipinski definition) is 19. The molecule has 25 nitrogen and oxygen atoms in total. The van der Waals surface area contributed by atoms with E-state index in [9.17, 15) is 56.7 Å². The normalized spacial score (nSPS) is 18.3. The summed E-state index contributed by atoms with van der Waals surface area (Å²) >= 11 is 1.60. The molecule has 0 radical (unpaired) electrons. The molecular formula is C26H59NO24P6S. The first kappa shape index (κ1) is 58.5. The van der Waals surface area contributed by atoms with Crippen LogP contribution >= 0.6 is 58.5 Å². The Kier molecular flexibility index (Phi) is 32.5. The lowest BCUT2D eigenvalue weighted by Crippen LogP contribution is -2.24. The Bertz CT molecular complexity index is 1410. The van der Waals surface area contributed by atoms with E-state index >= 15 is 0 Å². The molecule has 0 bridgehead atoms. The maximum absolute atomic E-state index is 12.0. The second-order valence-electron chi connectivity index (χ2n) is 11.6. The zero-order valence-corrected chi connectivity index (χ0v) is 38.6. The van der Waals surface area contributed by atoms with E-state index in [1.54, 1.807) is 11.8 Å². The minimum Gasteiger partial charge on any atom is -0.356 e. The van der Waals surface area contributed by atoms with Gasteiger partial charge in [0.05, 0.1) is 72.7 Å². The first-order valence-corrected chi connectivity index (χ1v) is 28.7. The van der Waals surface area contributed by atoms with Gasteiger partial charge in [-0.3, -0.25) is 54.6 Å². The van der Waals surface area contributed by atoms with Gasteiger partial charge in [-0.25, -0.2) is 22.8 Å². The fraction of sp³-hybridized carbons (Fsp3) is 0.962. The smallest absolute Gasteiger partial charge is 0.356 e. The van der Waals surface area contributed by atoms with Crippen LogP contribution in [0.3, 0.4) is 0 Å². The number of hydrogen-bond donors (Lipinski definition) is 7. The highest BCUT2D eigenvalue weighted by Gasteiger charge is 2.26. The van der Waals surface area contributed by atoms with E-state index < -0.39 is 86.4 Å². The van der Waals surface area contributed by atoms with Crippen molar-refractivity contribution in [3.05, 3.63) is 0 Å². The summed E-state index contributed by atoms with van der Waals surface area (Å²) in [6.07, 6.45) is 4.73. The van der Waals surface area contributed by atoms with Gasteiger partial charge in [0.2, 0.25) is 5.91 Å². The molecule has 0 heterocycles. The van der Waals surface area contributed by atoms with Crippen molar-refractivity contribution in [1.29, 1.82) is 0 Å². The molecule has 0 aliphatic carbocycles. The van der Waals surface area contributed by atoms with Crippen LogP contribution in [0.5, 0.6) is 0 Å². The van der Waals surface area contributed by atoms with Gasteiger partial charge in [0.25, 0.3) is 0 Å². The highest BCUT2D eigenvalue weighted by atomic mass is 32.2. The summed E-state index contributed by atoms with van der Waals surface area (Å²) in [5.74, 6) is 0.767. The first-order valence-electron chi connectivity index (χ1n) is 17.8. The summed E-state index contributed by atoms with van der Waals surface area (Å²) < 4.78 is 122. The zero-order valence-electron chi connectivity index (χ0n) is 32.4. The fourth-order valence-corrected chi connectivity index (χ4v) is 8.43. The van der Waals surface area contributed by atoms with Crippen molar-refractivity contribution in [3.63, 3.8) is 0 Å². The Morgan fingerprint density at radius 2 is 0.690 bits per heavy atom. The van der Waals surface area contributed by atoms with Gasteiger partial charge in [-0.1, -0.05) is 12.8 Å². The Balaban J connectivity index is 3.93. The molecule has 0 aliphatic rings. The molecule has 6 atom stereocenters. The number of rotatable bonds is 41. The van der Waals surface area contributed by atoms with Crippen LogP contribution in [-0.4, -0.2) is 133 Å². The molecule has 7 N–H and O–H groups in total. The van der Waals surface area contributed by atoms with Crippen molar-refractivity contribution >= 4 is 64.4 Å². The van der Waals surface area contributed by atoms with Crippen molar-refractivity contribution in [1.82, 2.24) is 5.32 Å². The van der Waals surface area contributed by atoms with Crippen LogP contribution in [0, 0.1) is 0 Å². The van der Waals surface area contributed by atoms with E-state index in [1.165, 1.54) is 0 Å². The van der Waals surface area contributed by atoms with E-state index in [0.717, 1.165) is 25.3 Å². The van der Waals surface area contributed by atoms with Gasteiger partial charge in [-0.15, -0.1) is 0 Å². The maximum Gasteiger partial charge on any atom is 0.472 e. The minimum absolute atomic E-state index is 0.00396. The second-order valence-corrected chi connectivity index (χ2v) is 21.7. The summed E-state index contributed by atoms with van der Waals surface area (Å²) in [4.78, 5) is 69.0. The number of nitrogens with one attached hydrogen (secondary N) is 1. The van der Waals surface area contributed by atoms with E-state index in [1.807, 2.05) is 6.26 Å². The largest absolute Gasteiger partial charge is 0.472 e. The van der Waals surface area contributed by atoms with Crippen LogP contribution in [0.1, 0.15) is 64.2 Å². The third-order valence-corrected chi connectivity index (χ3v) is 12.6. The molecule has 0 fully saturated rings. The molecule has 0 rings (SSSR count). The molecular weight excluding hydrogens is 928 g/mol. The average Bonchev–Trinajstić information content (AvgIpc) is 3.10. The monoisotopic (exact) mass is 987 g/mol. The zero-order chi connectivity index (χ0) is 44.0. The maximum atomic E-state index is 12.0. The third-order valence-electron chi connectivity index (χ3n) is 6.25. The van der Waals surface area contributed by atoms with Crippen molar-refractivity contribution in [2.24, 2.45) is 0 Å². The Labute approximate surface area is 342 Å². The van der Waals surface area contributed by atoms with Crippen LogP contribution < -0.4 is 5.32 Å². The molecule has 348 valence electrons. The van der Waals surface area contributed by atoms with E-state index in [0.29, 0.717) is 25.8 Å². The van der Waals surface area contributed by atoms with Crippen molar-refractivity contribution in [3.8, 4) is 0 Å². The molecule has 0 aromatic heterocycles.